The molecule has 0 bridgehead atoms. The molecule has 0 saturated carbocycles. The highest BCUT2D eigenvalue weighted by atomic mass is 19.1. The monoisotopic (exact) mass is 325 g/mol. The van der Waals surface area contributed by atoms with Gasteiger partial charge in [0.25, 0.3) is 0 Å². The molecule has 0 aliphatic heterocycles. The molecule has 0 spiro atoms. The van der Waals surface area contributed by atoms with E-state index in [0.29, 0.717) is 11.0 Å². The largest absolute Gasteiger partial charge is 0.437 e. The highest BCUT2D eigenvalue weighted by Crippen LogP contribution is 2.37. The molecule has 3 nitrogen and oxygen atoms in total. The van der Waals surface area contributed by atoms with Gasteiger partial charge in [-0.05, 0) is 25.5 Å². The summed E-state index contributed by atoms with van der Waals surface area (Å²) in [5.41, 5.74) is 4.40. The highest BCUT2D eigenvalue weighted by molar-refractivity contribution is 6.08. The van der Waals surface area contributed by atoms with Crippen LogP contribution in [0.15, 0.2) is 40.9 Å². The molecule has 5 heteroatoms. The van der Waals surface area contributed by atoms with Gasteiger partial charge in [0.05, 0.1) is 10.9 Å². The highest BCUT2D eigenvalue weighted by Gasteiger charge is 2.22. The lowest BCUT2D eigenvalue weighted by molar-refractivity contribution is -0.660. The zero-order chi connectivity index (χ0) is 17.0. The van der Waals surface area contributed by atoms with Gasteiger partial charge in [-0.3, -0.25) is 0 Å². The third kappa shape index (κ3) is 2.08. The van der Waals surface area contributed by atoms with Gasteiger partial charge in [0.1, 0.15) is 12.9 Å². The maximum Gasteiger partial charge on any atom is 0.232 e. The maximum atomic E-state index is 14.2. The Balaban J connectivity index is 2.16. The topological polar surface area (TPSA) is 29.9 Å². The third-order valence-electron chi connectivity index (χ3n) is 4.28. The van der Waals surface area contributed by atoms with Crippen molar-refractivity contribution in [3.8, 4) is 11.3 Å². The summed E-state index contributed by atoms with van der Waals surface area (Å²) in [4.78, 5) is 3.69. The fourth-order valence-electron chi connectivity index (χ4n) is 3.19. The number of fused-ring (bicyclic) bond motifs is 3. The fraction of sp³-hybridized carbons (Fsp3) is 0.158. The second-order valence-electron chi connectivity index (χ2n) is 6.05. The molecule has 0 saturated heterocycles. The molecule has 0 radical (unpaired) electrons. The van der Waals surface area contributed by atoms with Gasteiger partial charge < -0.3 is 4.42 Å². The molecule has 24 heavy (non-hydrogen) atoms. The number of pyridine rings is 2. The van der Waals surface area contributed by atoms with Gasteiger partial charge in [0.15, 0.2) is 11.8 Å². The second-order valence-corrected chi connectivity index (χ2v) is 6.05. The Morgan fingerprint density at radius 2 is 1.88 bits per heavy atom. The fourth-order valence-corrected chi connectivity index (χ4v) is 3.19. The van der Waals surface area contributed by atoms with E-state index in [1.807, 2.05) is 49.9 Å². The summed E-state index contributed by atoms with van der Waals surface area (Å²) in [7, 11) is 1.95. The van der Waals surface area contributed by atoms with Crippen LogP contribution in [0.4, 0.5) is 8.78 Å². The third-order valence-corrected chi connectivity index (χ3v) is 4.28. The Labute approximate surface area is 137 Å². The number of hydrogen-bond acceptors (Lipinski definition) is 2. The molecule has 0 aliphatic rings. The SMILES string of the molecule is Cc1ccc(-c2c(C)ccc3c2oc2nc(F)cc(F)c23)[n+](C)c1. The molecule has 0 atom stereocenters. The van der Waals surface area contributed by atoms with Crippen molar-refractivity contribution >= 4 is 22.1 Å². The van der Waals surface area contributed by atoms with E-state index < -0.39 is 11.8 Å². The van der Waals surface area contributed by atoms with Gasteiger partial charge >= 0.3 is 0 Å². The summed E-state index contributed by atoms with van der Waals surface area (Å²) in [6.45, 7) is 3.98. The number of rotatable bonds is 1. The Morgan fingerprint density at radius 1 is 1.08 bits per heavy atom. The van der Waals surface area contributed by atoms with Crippen LogP contribution in [0.1, 0.15) is 11.1 Å². The number of benzene rings is 1. The predicted octanol–water partition coefficient (Wildman–Crippen LogP) is 4.37. The Kier molecular flexibility index (Phi) is 3.13. The van der Waals surface area contributed by atoms with E-state index in [0.717, 1.165) is 28.5 Å². The molecule has 120 valence electrons. The first-order chi connectivity index (χ1) is 11.5. The second kappa shape index (κ2) is 5.09. The first kappa shape index (κ1) is 14.8. The van der Waals surface area contributed by atoms with E-state index >= 15 is 0 Å². The molecular formula is C19H15F2N2O+. The van der Waals surface area contributed by atoms with Crippen molar-refractivity contribution in [3.63, 3.8) is 0 Å². The summed E-state index contributed by atoms with van der Waals surface area (Å²) >= 11 is 0. The van der Waals surface area contributed by atoms with Gasteiger partial charge in [0.2, 0.25) is 17.4 Å². The molecule has 0 unspecified atom stereocenters. The van der Waals surface area contributed by atoms with Crippen LogP contribution in [0.5, 0.6) is 0 Å². The van der Waals surface area contributed by atoms with Crippen molar-refractivity contribution < 1.29 is 17.8 Å². The molecule has 3 heterocycles. The smallest absolute Gasteiger partial charge is 0.232 e. The lowest BCUT2D eigenvalue weighted by Crippen LogP contribution is -2.31. The van der Waals surface area contributed by atoms with Gasteiger partial charge in [-0.25, -0.2) is 8.96 Å². The van der Waals surface area contributed by atoms with Crippen LogP contribution in [0, 0.1) is 25.6 Å². The summed E-state index contributed by atoms with van der Waals surface area (Å²) in [6.07, 6.45) is 2.01. The van der Waals surface area contributed by atoms with Crippen LogP contribution in [0.3, 0.4) is 0 Å². The molecule has 0 amide bonds. The van der Waals surface area contributed by atoms with E-state index in [1.54, 1.807) is 6.07 Å². The number of hydrogen-bond donors (Lipinski definition) is 0. The van der Waals surface area contributed by atoms with Gasteiger partial charge in [-0.2, -0.15) is 9.37 Å². The summed E-state index contributed by atoms with van der Waals surface area (Å²) in [5, 5.41) is 0.804. The first-order valence-electron chi connectivity index (χ1n) is 7.60. The zero-order valence-corrected chi connectivity index (χ0v) is 13.5. The van der Waals surface area contributed by atoms with E-state index in [4.69, 9.17) is 4.42 Å². The van der Waals surface area contributed by atoms with E-state index in [1.165, 1.54) is 0 Å². The van der Waals surface area contributed by atoms with E-state index in [-0.39, 0.29) is 11.1 Å². The number of furan rings is 1. The summed E-state index contributed by atoms with van der Waals surface area (Å²) in [5.74, 6) is -1.56. The summed E-state index contributed by atoms with van der Waals surface area (Å²) < 4.78 is 35.4. The van der Waals surface area contributed by atoms with E-state index in [9.17, 15) is 8.78 Å². The van der Waals surface area contributed by atoms with Crippen molar-refractivity contribution in [2.75, 3.05) is 0 Å². The van der Waals surface area contributed by atoms with Gasteiger partial charge in [0, 0.05) is 23.1 Å². The lowest BCUT2D eigenvalue weighted by atomic mass is 10.0. The van der Waals surface area contributed by atoms with Crippen LogP contribution < -0.4 is 4.57 Å². The van der Waals surface area contributed by atoms with Crippen LogP contribution >= 0.6 is 0 Å². The zero-order valence-electron chi connectivity index (χ0n) is 13.5. The minimum absolute atomic E-state index is 0.0240. The molecule has 3 aromatic heterocycles. The quantitative estimate of drug-likeness (QED) is 0.384. The predicted molar refractivity (Wildman–Crippen MR) is 87.5 cm³/mol. The van der Waals surface area contributed by atoms with Gasteiger partial charge in [-0.1, -0.05) is 12.1 Å². The Hall–Kier alpha value is -2.82. The van der Waals surface area contributed by atoms with Crippen LogP contribution in [-0.4, -0.2) is 4.98 Å². The first-order valence-corrected chi connectivity index (χ1v) is 7.60. The Morgan fingerprint density at radius 3 is 2.62 bits per heavy atom. The number of nitrogens with zero attached hydrogens (tertiary/aromatic N) is 2. The lowest BCUT2D eigenvalue weighted by Gasteiger charge is -2.05. The molecule has 4 aromatic rings. The molecule has 4 rings (SSSR count). The minimum atomic E-state index is -0.891. The normalized spacial score (nSPS) is 11.5. The van der Waals surface area contributed by atoms with Crippen molar-refractivity contribution in [3.05, 3.63) is 59.4 Å². The number of aryl methyl sites for hydroxylation is 3. The standard InChI is InChI=1S/C19H15F2N2O/c1-10-4-7-14(23(3)9-10)16-11(2)5-6-12-17-13(20)8-15(21)22-19(17)24-18(12)16/h4-9H,1-3H3/q+1. The average Bonchev–Trinajstić information content (AvgIpc) is 2.86. The minimum Gasteiger partial charge on any atom is -0.437 e. The van der Waals surface area contributed by atoms with E-state index in [2.05, 4.69) is 4.98 Å². The van der Waals surface area contributed by atoms with Crippen LogP contribution in [0.25, 0.3) is 33.3 Å². The molecule has 0 fully saturated rings. The van der Waals surface area contributed by atoms with Gasteiger partial charge in [-0.15, -0.1) is 0 Å². The number of aromatic nitrogens is 2. The Bertz CT molecular complexity index is 1120. The molecule has 0 N–H and O–H groups in total. The van der Waals surface area contributed by atoms with Crippen LogP contribution in [-0.2, 0) is 7.05 Å². The molecule has 0 aliphatic carbocycles. The molecule has 1 aromatic carbocycles. The van der Waals surface area contributed by atoms with Crippen molar-refractivity contribution in [2.45, 2.75) is 13.8 Å². The molecular weight excluding hydrogens is 310 g/mol. The average molecular weight is 325 g/mol. The summed E-state index contributed by atoms with van der Waals surface area (Å²) in [6, 6.07) is 8.48. The number of halogens is 2. The van der Waals surface area contributed by atoms with Crippen molar-refractivity contribution in [2.24, 2.45) is 7.05 Å². The van der Waals surface area contributed by atoms with Crippen molar-refractivity contribution in [1.29, 1.82) is 0 Å². The maximum absolute atomic E-state index is 14.2. The van der Waals surface area contributed by atoms with Crippen molar-refractivity contribution in [1.82, 2.24) is 4.98 Å². The van der Waals surface area contributed by atoms with Crippen LogP contribution in [0.2, 0.25) is 0 Å².